The number of fused-ring (bicyclic) bond motifs is 2. The summed E-state index contributed by atoms with van der Waals surface area (Å²) in [5, 5.41) is 4.98. The average Bonchev–Trinajstić information content (AvgIpc) is 2.99. The van der Waals surface area contributed by atoms with Gasteiger partial charge in [-0.15, -0.1) is 0 Å². The Kier molecular flexibility index (Phi) is 4.38. The fourth-order valence-electron chi connectivity index (χ4n) is 3.30. The quantitative estimate of drug-likeness (QED) is 0.473. The summed E-state index contributed by atoms with van der Waals surface area (Å²) in [5.74, 6) is -0.0583. The molecule has 1 atom stereocenters. The van der Waals surface area contributed by atoms with Crippen molar-refractivity contribution < 1.29 is 4.79 Å². The fraction of sp³-hybridized carbons (Fsp3) is 0.222. The van der Waals surface area contributed by atoms with Crippen LogP contribution in [0, 0.1) is 0 Å². The molecule has 0 N–H and O–H groups in total. The zero-order valence-corrected chi connectivity index (χ0v) is 17.3. The zero-order chi connectivity index (χ0) is 17.7. The minimum absolute atomic E-state index is 0.00551. The van der Waals surface area contributed by atoms with Crippen LogP contribution < -0.4 is 0 Å². The molecule has 7 heteroatoms. The lowest BCUT2D eigenvalue weighted by Gasteiger charge is -2.35. The lowest BCUT2D eigenvalue weighted by atomic mass is 9.93. The van der Waals surface area contributed by atoms with E-state index in [-0.39, 0.29) is 11.9 Å². The summed E-state index contributed by atoms with van der Waals surface area (Å²) in [7, 11) is 0. The lowest BCUT2D eigenvalue weighted by Crippen LogP contribution is -2.39. The third kappa shape index (κ3) is 3.00. The number of rotatable bonds is 1. The third-order valence-corrected chi connectivity index (χ3v) is 6.69. The van der Waals surface area contributed by atoms with Crippen LogP contribution in [0.4, 0.5) is 0 Å². The van der Waals surface area contributed by atoms with Crippen LogP contribution in [0.25, 0.3) is 5.52 Å². The first-order chi connectivity index (χ1) is 11.9. The van der Waals surface area contributed by atoms with Crippen molar-refractivity contribution in [2.75, 3.05) is 6.54 Å². The van der Waals surface area contributed by atoms with Crippen molar-refractivity contribution in [3.63, 3.8) is 0 Å². The number of nitrogens with zero attached hydrogens (tertiary/aromatic N) is 3. The van der Waals surface area contributed by atoms with Gasteiger partial charge in [-0.1, -0.05) is 11.6 Å². The molecule has 1 aliphatic heterocycles. The van der Waals surface area contributed by atoms with Gasteiger partial charge < -0.3 is 4.90 Å². The smallest absolute Gasteiger partial charge is 0.274 e. The van der Waals surface area contributed by atoms with Gasteiger partial charge in [0.25, 0.3) is 5.91 Å². The number of halogens is 3. The van der Waals surface area contributed by atoms with Gasteiger partial charge in [-0.3, -0.25) is 4.79 Å². The first kappa shape index (κ1) is 17.1. The molecule has 1 aliphatic rings. The first-order valence-corrected chi connectivity index (χ1v) is 9.84. The second-order valence-electron chi connectivity index (χ2n) is 6.14. The van der Waals surface area contributed by atoms with Crippen molar-refractivity contribution in [1.29, 1.82) is 0 Å². The Bertz CT molecular complexity index is 1000. The molecule has 0 spiro atoms. The van der Waals surface area contributed by atoms with E-state index in [1.165, 1.54) is 11.1 Å². The molecule has 2 aromatic heterocycles. The van der Waals surface area contributed by atoms with E-state index in [9.17, 15) is 4.79 Å². The van der Waals surface area contributed by atoms with Crippen molar-refractivity contribution in [1.82, 2.24) is 14.5 Å². The number of aromatic nitrogens is 2. The Balaban J connectivity index is 1.68. The topological polar surface area (TPSA) is 37.6 Å². The van der Waals surface area contributed by atoms with Crippen LogP contribution in [-0.2, 0) is 6.42 Å². The van der Waals surface area contributed by atoms with Gasteiger partial charge in [0, 0.05) is 21.7 Å². The minimum atomic E-state index is -0.0583. The summed E-state index contributed by atoms with van der Waals surface area (Å²) >= 11 is 13.1. The molecule has 0 saturated heterocycles. The zero-order valence-electron chi connectivity index (χ0n) is 13.3. The molecule has 0 radical (unpaired) electrons. The molecule has 1 unspecified atom stereocenters. The molecule has 4 rings (SSSR count). The number of pyridine rings is 1. The molecule has 25 heavy (non-hydrogen) atoms. The van der Waals surface area contributed by atoms with Gasteiger partial charge in [0.1, 0.15) is 0 Å². The number of amides is 1. The molecule has 3 heterocycles. The third-order valence-electron chi connectivity index (χ3n) is 4.63. The first-order valence-electron chi connectivity index (χ1n) is 7.88. The molecule has 0 fully saturated rings. The van der Waals surface area contributed by atoms with E-state index in [4.69, 9.17) is 11.6 Å². The molecule has 1 amide bonds. The van der Waals surface area contributed by atoms with Gasteiger partial charge >= 0.3 is 0 Å². The number of hydrogen-bond donors (Lipinski definition) is 0. The standard InChI is InChI=1S/C18H14Br2ClN3O/c1-10-14-8-16(20)15(19)6-11(14)4-5-23(10)18(25)17-7-13-3-2-12(21)9-24(13)22-17/h2-3,6-10H,4-5H2,1H3. The highest BCUT2D eigenvalue weighted by Gasteiger charge is 2.30. The Hall–Kier alpha value is -1.37. The van der Waals surface area contributed by atoms with Crippen molar-refractivity contribution in [2.45, 2.75) is 19.4 Å². The Labute approximate surface area is 167 Å². The van der Waals surface area contributed by atoms with E-state index < -0.39 is 0 Å². The van der Waals surface area contributed by atoms with Crippen molar-refractivity contribution in [2.24, 2.45) is 0 Å². The highest BCUT2D eigenvalue weighted by molar-refractivity contribution is 9.13. The second kappa shape index (κ2) is 6.41. The molecule has 4 nitrogen and oxygen atoms in total. The Morgan fingerprint density at radius 3 is 2.80 bits per heavy atom. The van der Waals surface area contributed by atoms with Crippen LogP contribution in [0.3, 0.4) is 0 Å². The molecular weight excluding hydrogens is 469 g/mol. The van der Waals surface area contributed by atoms with E-state index in [0.29, 0.717) is 17.3 Å². The van der Waals surface area contributed by atoms with Gasteiger partial charge in [-0.25, -0.2) is 4.52 Å². The van der Waals surface area contributed by atoms with E-state index >= 15 is 0 Å². The summed E-state index contributed by atoms with van der Waals surface area (Å²) in [4.78, 5) is 14.9. The van der Waals surface area contributed by atoms with Gasteiger partial charge in [0.05, 0.1) is 16.6 Å². The maximum absolute atomic E-state index is 13.0. The molecule has 0 saturated carbocycles. The van der Waals surface area contributed by atoms with Crippen LogP contribution in [0.15, 0.2) is 45.5 Å². The van der Waals surface area contributed by atoms with Gasteiger partial charge in [-0.2, -0.15) is 5.10 Å². The summed E-state index contributed by atoms with van der Waals surface area (Å²) in [5.41, 5.74) is 3.73. The minimum Gasteiger partial charge on any atom is -0.330 e. The van der Waals surface area contributed by atoms with E-state index in [1.54, 1.807) is 22.8 Å². The molecular formula is C18H14Br2ClN3O. The van der Waals surface area contributed by atoms with E-state index in [0.717, 1.165) is 20.9 Å². The number of benzene rings is 1. The van der Waals surface area contributed by atoms with Gasteiger partial charge in [0.2, 0.25) is 0 Å². The van der Waals surface area contributed by atoms with Crippen LogP contribution in [0.2, 0.25) is 5.02 Å². The highest BCUT2D eigenvalue weighted by atomic mass is 79.9. The number of hydrogen-bond acceptors (Lipinski definition) is 2. The van der Waals surface area contributed by atoms with Crippen molar-refractivity contribution in [3.8, 4) is 0 Å². The van der Waals surface area contributed by atoms with Crippen LogP contribution in [-0.4, -0.2) is 27.0 Å². The average molecular weight is 484 g/mol. The molecule has 1 aromatic carbocycles. The van der Waals surface area contributed by atoms with Crippen LogP contribution in [0.5, 0.6) is 0 Å². The second-order valence-corrected chi connectivity index (χ2v) is 8.28. The van der Waals surface area contributed by atoms with Crippen molar-refractivity contribution >= 4 is 54.9 Å². The Morgan fingerprint density at radius 2 is 2.00 bits per heavy atom. The SMILES string of the molecule is CC1c2cc(Br)c(Br)cc2CCN1C(=O)c1cc2ccc(Cl)cn2n1. The monoisotopic (exact) mass is 481 g/mol. The summed E-state index contributed by atoms with van der Waals surface area (Å²) in [6.45, 7) is 2.73. The molecule has 0 aliphatic carbocycles. The number of carbonyl (C=O) groups excluding carboxylic acids is 1. The Morgan fingerprint density at radius 1 is 1.24 bits per heavy atom. The lowest BCUT2D eigenvalue weighted by molar-refractivity contribution is 0.0671. The van der Waals surface area contributed by atoms with Crippen LogP contribution >= 0.6 is 43.5 Å². The van der Waals surface area contributed by atoms with E-state index in [1.807, 2.05) is 11.0 Å². The normalized spacial score (nSPS) is 17.0. The number of carbonyl (C=O) groups is 1. The summed E-state index contributed by atoms with van der Waals surface area (Å²) < 4.78 is 3.68. The maximum Gasteiger partial charge on any atom is 0.274 e. The molecule has 0 bridgehead atoms. The van der Waals surface area contributed by atoms with Crippen molar-refractivity contribution in [3.05, 3.63) is 67.3 Å². The summed E-state index contributed by atoms with van der Waals surface area (Å²) in [6, 6.07) is 9.67. The maximum atomic E-state index is 13.0. The highest BCUT2D eigenvalue weighted by Crippen LogP contribution is 2.36. The fourth-order valence-corrected chi connectivity index (χ4v) is 4.21. The molecule has 128 valence electrons. The largest absolute Gasteiger partial charge is 0.330 e. The predicted octanol–water partition coefficient (Wildman–Crippen LogP) is 5.27. The van der Waals surface area contributed by atoms with Gasteiger partial charge in [-0.05, 0) is 86.7 Å². The van der Waals surface area contributed by atoms with Gasteiger partial charge in [0.15, 0.2) is 5.69 Å². The van der Waals surface area contributed by atoms with E-state index in [2.05, 4.69) is 56.0 Å². The predicted molar refractivity (Wildman–Crippen MR) is 105 cm³/mol. The molecule has 3 aromatic rings. The van der Waals surface area contributed by atoms with Crippen LogP contribution in [0.1, 0.15) is 34.6 Å². The summed E-state index contributed by atoms with van der Waals surface area (Å²) in [6.07, 6.45) is 2.54.